The Morgan fingerprint density at radius 3 is 2.86 bits per heavy atom. The molecule has 1 fully saturated rings. The zero-order valence-electron chi connectivity index (χ0n) is 21.6. The zero-order chi connectivity index (χ0) is 26.0. The average molecular weight is 504 g/mol. The van der Waals surface area contributed by atoms with E-state index in [1.165, 1.54) is 4.90 Å². The van der Waals surface area contributed by atoms with Gasteiger partial charge in [0.2, 0.25) is 0 Å². The van der Waals surface area contributed by atoms with Gasteiger partial charge >= 0.3 is 6.03 Å². The number of rotatable bonds is 10. The van der Waals surface area contributed by atoms with E-state index >= 15 is 0 Å². The molecule has 0 spiro atoms. The van der Waals surface area contributed by atoms with Crippen molar-refractivity contribution in [1.82, 2.24) is 15.2 Å². The Morgan fingerprint density at radius 1 is 1.16 bits per heavy atom. The predicted molar refractivity (Wildman–Crippen MR) is 140 cm³/mol. The van der Waals surface area contributed by atoms with Crippen LogP contribution in [0.4, 0.5) is 4.79 Å². The molecule has 37 heavy (non-hydrogen) atoms. The molecule has 1 atom stereocenters. The van der Waals surface area contributed by atoms with Crippen LogP contribution in [0.15, 0.2) is 42.6 Å². The number of fused-ring (bicyclic) bond motifs is 2. The summed E-state index contributed by atoms with van der Waals surface area (Å²) in [6, 6.07) is 11.3. The molecule has 1 unspecified atom stereocenters. The lowest BCUT2D eigenvalue weighted by Crippen LogP contribution is -2.41. The normalized spacial score (nSPS) is 18.7. The van der Waals surface area contributed by atoms with Crippen LogP contribution < -0.4 is 14.8 Å². The number of carbonyl (C=O) groups is 2. The zero-order valence-corrected chi connectivity index (χ0v) is 21.6. The molecule has 1 saturated heterocycles. The average Bonchev–Trinajstić information content (AvgIpc) is 3.45. The van der Waals surface area contributed by atoms with Gasteiger partial charge < -0.3 is 19.5 Å². The third-order valence-corrected chi connectivity index (χ3v) is 7.12. The van der Waals surface area contributed by atoms with Crippen molar-refractivity contribution in [3.63, 3.8) is 0 Å². The largest absolute Gasteiger partial charge is 0.493 e. The fourth-order valence-corrected chi connectivity index (χ4v) is 5.06. The van der Waals surface area contributed by atoms with Gasteiger partial charge in [-0.1, -0.05) is 31.5 Å². The first-order chi connectivity index (χ1) is 17.9. The van der Waals surface area contributed by atoms with Gasteiger partial charge in [-0.3, -0.25) is 14.7 Å². The Kier molecular flexibility index (Phi) is 7.02. The fourth-order valence-electron chi connectivity index (χ4n) is 5.06. The summed E-state index contributed by atoms with van der Waals surface area (Å²) < 4.78 is 17.5. The van der Waals surface area contributed by atoms with Gasteiger partial charge in [0.15, 0.2) is 0 Å². The molecule has 8 nitrogen and oxygen atoms in total. The lowest BCUT2D eigenvalue weighted by Gasteiger charge is -2.23. The minimum absolute atomic E-state index is 0.173. The highest BCUT2D eigenvalue weighted by atomic mass is 16.5. The molecule has 5 rings (SSSR count). The summed E-state index contributed by atoms with van der Waals surface area (Å²) in [4.78, 5) is 31.7. The summed E-state index contributed by atoms with van der Waals surface area (Å²) in [5.74, 6) is 1.41. The number of carbonyl (C=O) groups excluding carboxylic acids is 2. The van der Waals surface area contributed by atoms with Crippen LogP contribution in [0.2, 0.25) is 0 Å². The molecule has 194 valence electrons. The van der Waals surface area contributed by atoms with Gasteiger partial charge in [-0.15, -0.1) is 0 Å². The van der Waals surface area contributed by atoms with E-state index in [0.717, 1.165) is 63.9 Å². The van der Waals surface area contributed by atoms with E-state index in [2.05, 4.69) is 17.2 Å². The van der Waals surface area contributed by atoms with Crippen molar-refractivity contribution in [1.29, 1.82) is 0 Å². The van der Waals surface area contributed by atoms with Gasteiger partial charge in [0.1, 0.15) is 23.6 Å². The van der Waals surface area contributed by atoms with E-state index in [-0.39, 0.29) is 19.1 Å². The van der Waals surface area contributed by atoms with Gasteiger partial charge in [0.25, 0.3) is 5.91 Å². The molecule has 1 N–H and O–H groups in total. The lowest BCUT2D eigenvalue weighted by molar-refractivity contribution is -0.131. The summed E-state index contributed by atoms with van der Waals surface area (Å²) >= 11 is 0. The Balaban J connectivity index is 1.16. The van der Waals surface area contributed by atoms with Crippen molar-refractivity contribution in [2.75, 3.05) is 33.0 Å². The molecule has 8 heteroatoms. The molecule has 2 aromatic carbocycles. The van der Waals surface area contributed by atoms with Crippen molar-refractivity contribution < 1.29 is 23.8 Å². The van der Waals surface area contributed by atoms with E-state index in [0.29, 0.717) is 19.8 Å². The first-order valence-corrected chi connectivity index (χ1v) is 12.9. The molecule has 0 saturated carbocycles. The molecule has 3 aromatic rings. The molecule has 0 bridgehead atoms. The number of hydrogen-bond donors (Lipinski definition) is 1. The van der Waals surface area contributed by atoms with Crippen LogP contribution >= 0.6 is 0 Å². The number of hydrogen-bond acceptors (Lipinski definition) is 6. The van der Waals surface area contributed by atoms with Crippen molar-refractivity contribution in [2.45, 2.75) is 45.6 Å². The second kappa shape index (κ2) is 10.4. The number of amides is 3. The number of nitrogens with zero attached hydrogens (tertiary/aromatic N) is 2. The number of imide groups is 1. The Labute approximate surface area is 216 Å². The smallest absolute Gasteiger partial charge is 0.325 e. The first kappa shape index (κ1) is 25.0. The van der Waals surface area contributed by atoms with Crippen LogP contribution in [0.5, 0.6) is 11.5 Å². The van der Waals surface area contributed by atoms with E-state index in [9.17, 15) is 9.59 Å². The molecule has 0 aliphatic carbocycles. The second-order valence-electron chi connectivity index (χ2n) is 9.73. The number of nitrogens with one attached hydrogen (secondary N) is 1. The van der Waals surface area contributed by atoms with Crippen molar-refractivity contribution in [2.24, 2.45) is 0 Å². The molecule has 3 heterocycles. The number of benzene rings is 2. The minimum Gasteiger partial charge on any atom is -0.493 e. The first-order valence-electron chi connectivity index (χ1n) is 12.9. The fraction of sp³-hybridized carbons (Fsp3) is 0.414. The van der Waals surface area contributed by atoms with Crippen LogP contribution in [-0.2, 0) is 27.9 Å². The van der Waals surface area contributed by atoms with Crippen LogP contribution in [-0.4, -0.2) is 54.8 Å². The third kappa shape index (κ3) is 4.73. The monoisotopic (exact) mass is 503 g/mol. The van der Waals surface area contributed by atoms with Gasteiger partial charge in [0.05, 0.1) is 31.9 Å². The summed E-state index contributed by atoms with van der Waals surface area (Å²) in [6.45, 7) is 7.66. The highest BCUT2D eigenvalue weighted by Crippen LogP contribution is 2.34. The van der Waals surface area contributed by atoms with Crippen molar-refractivity contribution in [3.05, 3.63) is 64.8 Å². The Bertz CT molecular complexity index is 1340. The number of ether oxygens (including phenoxy) is 3. The molecule has 1 aromatic heterocycles. The van der Waals surface area contributed by atoms with E-state index in [4.69, 9.17) is 14.2 Å². The number of aromatic nitrogens is 1. The molecular weight excluding hydrogens is 470 g/mol. The lowest BCUT2D eigenvalue weighted by atomic mass is 9.90. The highest BCUT2D eigenvalue weighted by Gasteiger charge is 2.49. The van der Waals surface area contributed by atoms with Crippen LogP contribution in [0.3, 0.4) is 0 Å². The molecule has 3 amide bonds. The maximum atomic E-state index is 13.2. The van der Waals surface area contributed by atoms with E-state index in [1.54, 1.807) is 6.92 Å². The number of urea groups is 1. The molecule has 2 aliphatic rings. The maximum Gasteiger partial charge on any atom is 0.325 e. The molecule has 2 aliphatic heterocycles. The van der Waals surface area contributed by atoms with Crippen molar-refractivity contribution in [3.8, 4) is 11.5 Å². The number of pyridine rings is 1. The third-order valence-electron chi connectivity index (χ3n) is 7.12. The van der Waals surface area contributed by atoms with Gasteiger partial charge in [0, 0.05) is 23.6 Å². The van der Waals surface area contributed by atoms with Gasteiger partial charge in [-0.25, -0.2) is 4.79 Å². The number of para-hydroxylation sites is 1. The van der Waals surface area contributed by atoms with Gasteiger partial charge in [-0.2, -0.15) is 0 Å². The molecule has 0 radical (unpaired) electrons. The predicted octanol–water partition coefficient (Wildman–Crippen LogP) is 4.29. The SMILES string of the molecule is CCCc1cnc2c(C)cccc2c1OCCOCCN1C(=O)NC(C)(c2ccc3c(c2)CCO3)C1=O. The Hall–Kier alpha value is -3.65. The standard InChI is InChI=1S/C29H33N3O5/c1-4-6-21-18-30-25-19(2)7-5-8-23(25)26(21)37-16-15-35-14-12-32-27(33)29(3,31-28(32)34)22-9-10-24-20(17-22)11-13-36-24/h5,7-10,17-18H,4,6,11-16H2,1-3H3,(H,31,34). The highest BCUT2D eigenvalue weighted by molar-refractivity contribution is 6.07. The summed E-state index contributed by atoms with van der Waals surface area (Å²) in [5.41, 5.74) is 3.84. The summed E-state index contributed by atoms with van der Waals surface area (Å²) in [5, 5.41) is 3.86. The van der Waals surface area contributed by atoms with Crippen LogP contribution in [0, 0.1) is 6.92 Å². The van der Waals surface area contributed by atoms with E-state index in [1.807, 2.05) is 49.5 Å². The topological polar surface area (TPSA) is 90.0 Å². The number of aryl methyl sites for hydroxylation is 2. The quantitative estimate of drug-likeness (QED) is 0.328. The maximum absolute atomic E-state index is 13.2. The van der Waals surface area contributed by atoms with Gasteiger partial charge in [-0.05, 0) is 55.2 Å². The van der Waals surface area contributed by atoms with Crippen LogP contribution in [0.25, 0.3) is 10.9 Å². The Morgan fingerprint density at radius 2 is 2.03 bits per heavy atom. The summed E-state index contributed by atoms with van der Waals surface area (Å²) in [6.07, 6.45) is 4.58. The minimum atomic E-state index is -1.10. The van der Waals surface area contributed by atoms with Crippen LogP contribution in [0.1, 0.15) is 42.5 Å². The molecular formula is C29H33N3O5. The second-order valence-corrected chi connectivity index (χ2v) is 9.73. The van der Waals surface area contributed by atoms with Crippen molar-refractivity contribution >= 4 is 22.8 Å². The van der Waals surface area contributed by atoms with E-state index < -0.39 is 11.6 Å². The summed E-state index contributed by atoms with van der Waals surface area (Å²) in [7, 11) is 0.